The van der Waals surface area contributed by atoms with Gasteiger partial charge in [-0.3, -0.25) is 4.79 Å². The predicted octanol–water partition coefficient (Wildman–Crippen LogP) is 3.04. The van der Waals surface area contributed by atoms with Gasteiger partial charge in [0.15, 0.2) is 0 Å². The molecule has 1 nitrogen and oxygen atoms in total. The highest BCUT2D eigenvalue weighted by atomic mass is 35.5. The minimum absolute atomic E-state index is 0.443. The van der Waals surface area contributed by atoms with Gasteiger partial charge in [-0.25, -0.2) is 0 Å². The standard InChI is InChI=1S/C10H13ClO/c11-10(12)8-4-7-9-5-2-1-3-6-9/h7-9H,1-3,5-6H2. The molecule has 66 valence electrons. The highest BCUT2D eigenvalue weighted by Gasteiger charge is 2.08. The first kappa shape index (κ1) is 9.57. The highest BCUT2D eigenvalue weighted by Crippen LogP contribution is 2.23. The van der Waals surface area contributed by atoms with E-state index in [-0.39, 0.29) is 0 Å². The molecule has 0 bridgehead atoms. The maximum Gasteiger partial charge on any atom is 0.252 e. The topological polar surface area (TPSA) is 17.1 Å². The van der Waals surface area contributed by atoms with Crippen LogP contribution in [0.5, 0.6) is 0 Å². The van der Waals surface area contributed by atoms with Crippen molar-refractivity contribution in [2.45, 2.75) is 32.1 Å². The molecule has 0 aromatic rings. The maximum absolute atomic E-state index is 10.3. The summed E-state index contributed by atoms with van der Waals surface area (Å²) < 4.78 is 0. The summed E-state index contributed by atoms with van der Waals surface area (Å²) in [5.74, 6) is 0.617. The van der Waals surface area contributed by atoms with Gasteiger partial charge in [0.05, 0.1) is 0 Å². The van der Waals surface area contributed by atoms with Crippen LogP contribution in [0.3, 0.4) is 0 Å². The number of carbonyl (C=O) groups is 1. The second-order valence-corrected chi connectivity index (χ2v) is 3.55. The van der Waals surface area contributed by atoms with Crippen molar-refractivity contribution in [2.24, 2.45) is 5.92 Å². The van der Waals surface area contributed by atoms with E-state index in [1.807, 2.05) is 6.08 Å². The molecule has 0 N–H and O–H groups in total. The Morgan fingerprint density at radius 1 is 1.33 bits per heavy atom. The normalized spacial score (nSPS) is 18.1. The smallest absolute Gasteiger partial charge is 0.252 e. The van der Waals surface area contributed by atoms with Gasteiger partial charge in [0.2, 0.25) is 0 Å². The van der Waals surface area contributed by atoms with Gasteiger partial charge in [-0.05, 0) is 36.4 Å². The molecule has 1 saturated carbocycles. The van der Waals surface area contributed by atoms with E-state index in [1.54, 1.807) is 0 Å². The molecule has 1 rings (SSSR count). The average Bonchev–Trinajstić information content (AvgIpc) is 2.05. The molecule has 0 spiro atoms. The summed E-state index contributed by atoms with van der Waals surface area (Å²) in [5, 5.41) is -0.443. The summed E-state index contributed by atoms with van der Waals surface area (Å²) >= 11 is 5.12. The average molecular weight is 185 g/mol. The van der Waals surface area contributed by atoms with Crippen LogP contribution < -0.4 is 0 Å². The molecule has 1 aliphatic carbocycles. The third-order valence-electron chi connectivity index (χ3n) is 2.18. The van der Waals surface area contributed by atoms with E-state index in [1.165, 1.54) is 38.2 Å². The van der Waals surface area contributed by atoms with Gasteiger partial charge < -0.3 is 0 Å². The molecule has 0 radical (unpaired) electrons. The first-order chi connectivity index (χ1) is 5.79. The lowest BCUT2D eigenvalue weighted by Gasteiger charge is -2.16. The van der Waals surface area contributed by atoms with Crippen molar-refractivity contribution in [1.82, 2.24) is 0 Å². The third-order valence-corrected chi connectivity index (χ3v) is 2.29. The number of hydrogen-bond acceptors (Lipinski definition) is 1. The Hall–Kier alpha value is -0.520. The van der Waals surface area contributed by atoms with Crippen LogP contribution in [0.25, 0.3) is 0 Å². The van der Waals surface area contributed by atoms with Gasteiger partial charge in [-0.15, -0.1) is 5.73 Å². The Balaban J connectivity index is 2.38. The van der Waals surface area contributed by atoms with Gasteiger partial charge in [0, 0.05) is 6.08 Å². The minimum atomic E-state index is -0.443. The lowest BCUT2D eigenvalue weighted by atomic mass is 9.89. The Bertz CT molecular complexity index is 208. The van der Waals surface area contributed by atoms with Crippen molar-refractivity contribution < 1.29 is 4.79 Å². The van der Waals surface area contributed by atoms with Crippen molar-refractivity contribution in [3.05, 3.63) is 17.9 Å². The number of rotatable bonds is 2. The minimum Gasteiger partial charge on any atom is -0.276 e. The van der Waals surface area contributed by atoms with Crippen molar-refractivity contribution in [3.8, 4) is 0 Å². The Kier molecular flexibility index (Phi) is 4.13. The molecule has 0 unspecified atom stereocenters. The molecule has 0 aliphatic heterocycles. The summed E-state index contributed by atoms with van der Waals surface area (Å²) in [5.41, 5.74) is 2.82. The molecule has 0 saturated heterocycles. The van der Waals surface area contributed by atoms with Crippen LogP contribution in [0.1, 0.15) is 32.1 Å². The molecule has 12 heavy (non-hydrogen) atoms. The summed E-state index contributed by atoms with van der Waals surface area (Å²) in [6.07, 6.45) is 9.68. The molecule has 1 aliphatic rings. The number of hydrogen-bond donors (Lipinski definition) is 0. The second-order valence-electron chi connectivity index (χ2n) is 3.18. The van der Waals surface area contributed by atoms with E-state index in [0.29, 0.717) is 5.92 Å². The van der Waals surface area contributed by atoms with Crippen molar-refractivity contribution >= 4 is 16.8 Å². The van der Waals surface area contributed by atoms with Crippen LogP contribution in [0.2, 0.25) is 0 Å². The van der Waals surface area contributed by atoms with Crippen molar-refractivity contribution in [2.75, 3.05) is 0 Å². The highest BCUT2D eigenvalue weighted by molar-refractivity contribution is 6.66. The fraction of sp³-hybridized carbons (Fsp3) is 0.600. The maximum atomic E-state index is 10.3. The number of halogens is 1. The molecule has 2 heteroatoms. The predicted molar refractivity (Wildman–Crippen MR) is 50.1 cm³/mol. The molecule has 1 fully saturated rings. The first-order valence-electron chi connectivity index (χ1n) is 4.41. The molecular weight excluding hydrogens is 172 g/mol. The van der Waals surface area contributed by atoms with Crippen molar-refractivity contribution in [1.29, 1.82) is 0 Å². The van der Waals surface area contributed by atoms with Crippen LogP contribution in [0.15, 0.2) is 17.9 Å². The summed E-state index contributed by atoms with van der Waals surface area (Å²) in [4.78, 5) is 10.3. The SMILES string of the molecule is O=C(Cl)C=C=CC1CCCCC1. The van der Waals surface area contributed by atoms with E-state index in [9.17, 15) is 4.79 Å². The second kappa shape index (κ2) is 5.18. The van der Waals surface area contributed by atoms with Gasteiger partial charge in [0.1, 0.15) is 0 Å². The van der Waals surface area contributed by atoms with Gasteiger partial charge in [0.25, 0.3) is 5.24 Å². The van der Waals surface area contributed by atoms with Crippen LogP contribution in [0.4, 0.5) is 0 Å². The molecule has 0 heterocycles. The monoisotopic (exact) mass is 184 g/mol. The van der Waals surface area contributed by atoms with Crippen LogP contribution in [-0.4, -0.2) is 5.24 Å². The molecular formula is C10H13ClO. The van der Waals surface area contributed by atoms with E-state index < -0.39 is 5.24 Å². The lowest BCUT2D eigenvalue weighted by molar-refractivity contribution is -0.107. The molecule has 0 aromatic carbocycles. The summed E-state index contributed by atoms with van der Waals surface area (Å²) in [7, 11) is 0. The molecule has 0 amide bonds. The van der Waals surface area contributed by atoms with Gasteiger partial charge in [-0.1, -0.05) is 19.3 Å². The Morgan fingerprint density at radius 2 is 2.00 bits per heavy atom. The summed E-state index contributed by atoms with van der Waals surface area (Å²) in [6.45, 7) is 0. The van der Waals surface area contributed by atoms with E-state index >= 15 is 0 Å². The zero-order valence-electron chi connectivity index (χ0n) is 7.05. The van der Waals surface area contributed by atoms with Crippen LogP contribution in [-0.2, 0) is 4.79 Å². The third kappa shape index (κ3) is 3.75. The van der Waals surface area contributed by atoms with Crippen LogP contribution in [0, 0.1) is 5.92 Å². The number of carbonyl (C=O) groups excluding carboxylic acids is 1. The van der Waals surface area contributed by atoms with Crippen LogP contribution >= 0.6 is 11.6 Å². The van der Waals surface area contributed by atoms with Gasteiger partial charge in [-0.2, -0.15) is 0 Å². The largest absolute Gasteiger partial charge is 0.276 e. The molecule has 0 atom stereocenters. The summed E-state index contributed by atoms with van der Waals surface area (Å²) in [6, 6.07) is 0. The number of allylic oxidation sites excluding steroid dienone is 1. The zero-order chi connectivity index (χ0) is 8.81. The van der Waals surface area contributed by atoms with Gasteiger partial charge >= 0.3 is 0 Å². The first-order valence-corrected chi connectivity index (χ1v) is 4.79. The Morgan fingerprint density at radius 3 is 2.58 bits per heavy atom. The lowest BCUT2D eigenvalue weighted by Crippen LogP contribution is -2.01. The fourth-order valence-corrected chi connectivity index (χ4v) is 1.61. The van der Waals surface area contributed by atoms with E-state index in [0.717, 1.165) is 0 Å². The van der Waals surface area contributed by atoms with Crippen molar-refractivity contribution in [3.63, 3.8) is 0 Å². The zero-order valence-corrected chi connectivity index (χ0v) is 7.81. The molecule has 0 aromatic heterocycles. The quantitative estimate of drug-likeness (QED) is 0.366. The fourth-order valence-electron chi connectivity index (χ4n) is 1.55. The van der Waals surface area contributed by atoms with E-state index in [4.69, 9.17) is 11.6 Å². The Labute approximate surface area is 78.1 Å². The van der Waals surface area contributed by atoms with E-state index in [2.05, 4.69) is 5.73 Å².